The Morgan fingerprint density at radius 3 is 2.36 bits per heavy atom. The van der Waals surface area contributed by atoms with Gasteiger partial charge in [0, 0.05) is 0 Å². The Bertz CT molecular complexity index is 269. The molecule has 0 bridgehead atoms. The molecular weight excluding hydrogens is 132 g/mol. The van der Waals surface area contributed by atoms with Crippen LogP contribution in [0, 0.1) is 5.41 Å². The molecule has 11 heavy (non-hydrogen) atoms. The van der Waals surface area contributed by atoms with Crippen LogP contribution in [0.25, 0.3) is 0 Å². The summed E-state index contributed by atoms with van der Waals surface area (Å²) in [4.78, 5) is 0. The van der Waals surface area contributed by atoms with E-state index in [1.54, 1.807) is 5.56 Å². The van der Waals surface area contributed by atoms with Gasteiger partial charge in [0.2, 0.25) is 0 Å². The lowest BCUT2D eigenvalue weighted by atomic mass is 10.1. The lowest BCUT2D eigenvalue weighted by molar-refractivity contribution is 0.840. The van der Waals surface area contributed by atoms with Crippen LogP contribution in [0.2, 0.25) is 0 Å². The monoisotopic (exact) mass is 144 g/mol. The van der Waals surface area contributed by atoms with E-state index >= 15 is 0 Å². The molecule has 56 valence electrons. The van der Waals surface area contributed by atoms with Crippen molar-refractivity contribution in [2.45, 2.75) is 25.2 Å². The Labute approximate surface area is 67.2 Å². The van der Waals surface area contributed by atoms with Gasteiger partial charge in [-0.1, -0.05) is 30.3 Å². The van der Waals surface area contributed by atoms with Gasteiger partial charge in [-0.3, -0.25) is 0 Å². The van der Waals surface area contributed by atoms with Crippen molar-refractivity contribution in [3.63, 3.8) is 0 Å². The van der Waals surface area contributed by atoms with Gasteiger partial charge in [-0.2, -0.15) is 0 Å². The maximum absolute atomic E-state index is 2.28. The maximum atomic E-state index is 2.28. The van der Waals surface area contributed by atoms with Gasteiger partial charge in [0.1, 0.15) is 0 Å². The van der Waals surface area contributed by atoms with Crippen molar-refractivity contribution in [1.82, 2.24) is 0 Å². The SMILES string of the molecule is c1ccc([C@H]2CC23CC3)cc1. The smallest absolute Gasteiger partial charge is 0.00996 e. The molecule has 1 aromatic carbocycles. The van der Waals surface area contributed by atoms with E-state index in [0.717, 1.165) is 11.3 Å². The van der Waals surface area contributed by atoms with Crippen LogP contribution in [-0.2, 0) is 0 Å². The summed E-state index contributed by atoms with van der Waals surface area (Å²) in [6, 6.07) is 11.0. The standard InChI is InChI=1S/C11H12/c1-2-4-9(5-3-1)10-8-11(10)6-7-11/h1-5,10H,6-8H2/t10-/m1/s1. The Hall–Kier alpha value is -0.780. The van der Waals surface area contributed by atoms with Gasteiger partial charge in [0.15, 0.2) is 0 Å². The summed E-state index contributed by atoms with van der Waals surface area (Å²) >= 11 is 0. The first kappa shape index (κ1) is 5.82. The molecular formula is C11H12. The van der Waals surface area contributed by atoms with Gasteiger partial charge in [-0.05, 0) is 36.2 Å². The normalized spacial score (nSPS) is 30.4. The second-order valence-electron chi connectivity index (χ2n) is 4.03. The molecule has 0 heteroatoms. The molecule has 2 aliphatic carbocycles. The molecule has 0 unspecified atom stereocenters. The summed E-state index contributed by atoms with van der Waals surface area (Å²) in [5.41, 5.74) is 2.39. The highest BCUT2D eigenvalue weighted by Crippen LogP contribution is 2.74. The molecule has 0 N–H and O–H groups in total. The zero-order chi connectivity index (χ0) is 7.31. The third kappa shape index (κ3) is 0.756. The molecule has 3 rings (SSSR count). The van der Waals surface area contributed by atoms with Crippen molar-refractivity contribution < 1.29 is 0 Å². The first-order valence-corrected chi connectivity index (χ1v) is 4.46. The van der Waals surface area contributed by atoms with Gasteiger partial charge in [0.25, 0.3) is 0 Å². The van der Waals surface area contributed by atoms with E-state index in [2.05, 4.69) is 30.3 Å². The Balaban J connectivity index is 1.91. The fourth-order valence-electron chi connectivity index (χ4n) is 2.22. The van der Waals surface area contributed by atoms with Gasteiger partial charge in [-0.25, -0.2) is 0 Å². The van der Waals surface area contributed by atoms with Crippen molar-refractivity contribution in [3.8, 4) is 0 Å². The van der Waals surface area contributed by atoms with E-state index in [9.17, 15) is 0 Å². The zero-order valence-electron chi connectivity index (χ0n) is 6.59. The highest BCUT2D eigenvalue weighted by Gasteiger charge is 2.62. The molecule has 1 atom stereocenters. The zero-order valence-corrected chi connectivity index (χ0v) is 6.59. The highest BCUT2D eigenvalue weighted by atomic mass is 14.7. The Kier molecular flexibility index (Phi) is 0.892. The molecule has 0 heterocycles. The second kappa shape index (κ2) is 1.69. The number of benzene rings is 1. The predicted octanol–water partition coefficient (Wildman–Crippen LogP) is 2.95. The van der Waals surface area contributed by atoms with E-state index in [4.69, 9.17) is 0 Å². The Morgan fingerprint density at radius 2 is 1.82 bits per heavy atom. The summed E-state index contributed by atoms with van der Waals surface area (Å²) in [5, 5.41) is 0. The summed E-state index contributed by atoms with van der Waals surface area (Å²) in [7, 11) is 0. The molecule has 0 aliphatic heterocycles. The van der Waals surface area contributed by atoms with Crippen molar-refractivity contribution in [2.24, 2.45) is 5.41 Å². The summed E-state index contributed by atoms with van der Waals surface area (Å²) in [6.07, 6.45) is 4.45. The molecule has 0 amide bonds. The van der Waals surface area contributed by atoms with E-state index in [-0.39, 0.29) is 0 Å². The van der Waals surface area contributed by atoms with Crippen LogP contribution in [0.15, 0.2) is 30.3 Å². The highest BCUT2D eigenvalue weighted by molar-refractivity contribution is 5.33. The Morgan fingerprint density at radius 1 is 1.09 bits per heavy atom. The largest absolute Gasteiger partial charge is 0.0622 e. The quantitative estimate of drug-likeness (QED) is 0.568. The molecule has 2 saturated carbocycles. The molecule has 0 saturated heterocycles. The lowest BCUT2D eigenvalue weighted by Crippen LogP contribution is -1.79. The van der Waals surface area contributed by atoms with Crippen LogP contribution in [0.3, 0.4) is 0 Å². The number of hydrogen-bond acceptors (Lipinski definition) is 0. The molecule has 0 radical (unpaired) electrons. The maximum Gasteiger partial charge on any atom is -0.00996 e. The van der Waals surface area contributed by atoms with Crippen LogP contribution >= 0.6 is 0 Å². The minimum atomic E-state index is 0.821. The third-order valence-corrected chi connectivity index (χ3v) is 3.28. The topological polar surface area (TPSA) is 0 Å². The van der Waals surface area contributed by atoms with E-state index < -0.39 is 0 Å². The van der Waals surface area contributed by atoms with Gasteiger partial charge in [0.05, 0.1) is 0 Å². The fraction of sp³-hybridized carbons (Fsp3) is 0.455. The van der Waals surface area contributed by atoms with Crippen molar-refractivity contribution in [1.29, 1.82) is 0 Å². The van der Waals surface area contributed by atoms with Gasteiger partial charge in [-0.15, -0.1) is 0 Å². The van der Waals surface area contributed by atoms with Gasteiger partial charge >= 0.3 is 0 Å². The first-order valence-electron chi connectivity index (χ1n) is 4.46. The minimum absolute atomic E-state index is 0.821. The van der Waals surface area contributed by atoms with Crippen molar-refractivity contribution in [2.75, 3.05) is 0 Å². The minimum Gasteiger partial charge on any atom is -0.0622 e. The summed E-state index contributed by atoms with van der Waals surface area (Å²) in [5.74, 6) is 0.934. The van der Waals surface area contributed by atoms with Crippen LogP contribution in [-0.4, -0.2) is 0 Å². The summed E-state index contributed by atoms with van der Waals surface area (Å²) < 4.78 is 0. The van der Waals surface area contributed by atoms with Crippen molar-refractivity contribution in [3.05, 3.63) is 35.9 Å². The number of rotatable bonds is 1. The molecule has 2 fully saturated rings. The molecule has 0 aromatic heterocycles. The summed E-state index contributed by atoms with van der Waals surface area (Å²) in [6.45, 7) is 0. The molecule has 0 nitrogen and oxygen atoms in total. The van der Waals surface area contributed by atoms with E-state index in [1.165, 1.54) is 19.3 Å². The average molecular weight is 144 g/mol. The third-order valence-electron chi connectivity index (χ3n) is 3.28. The predicted molar refractivity (Wildman–Crippen MR) is 45.5 cm³/mol. The van der Waals surface area contributed by atoms with Crippen LogP contribution in [0.5, 0.6) is 0 Å². The van der Waals surface area contributed by atoms with E-state index in [1.807, 2.05) is 0 Å². The molecule has 1 spiro atoms. The second-order valence-corrected chi connectivity index (χ2v) is 4.03. The number of hydrogen-bond donors (Lipinski definition) is 0. The molecule has 2 aliphatic rings. The fourth-order valence-corrected chi connectivity index (χ4v) is 2.22. The van der Waals surface area contributed by atoms with Gasteiger partial charge < -0.3 is 0 Å². The lowest BCUT2D eigenvalue weighted by Gasteiger charge is -1.95. The van der Waals surface area contributed by atoms with E-state index in [0.29, 0.717) is 0 Å². The first-order chi connectivity index (χ1) is 5.41. The van der Waals surface area contributed by atoms with Crippen molar-refractivity contribution >= 4 is 0 Å². The van der Waals surface area contributed by atoms with Crippen LogP contribution in [0.4, 0.5) is 0 Å². The average Bonchev–Trinajstić information content (AvgIpc) is 2.95. The van der Waals surface area contributed by atoms with Crippen LogP contribution < -0.4 is 0 Å². The van der Waals surface area contributed by atoms with Crippen LogP contribution in [0.1, 0.15) is 30.7 Å². The molecule has 1 aromatic rings.